The Labute approximate surface area is 254 Å². The summed E-state index contributed by atoms with van der Waals surface area (Å²) in [6, 6.07) is 6.05. The van der Waals surface area contributed by atoms with Gasteiger partial charge in [0.25, 0.3) is 0 Å². The molecule has 2 bridgehead atoms. The lowest BCUT2D eigenvalue weighted by Crippen LogP contribution is -2.66. The number of ketones is 2. The third kappa shape index (κ3) is 4.71. The van der Waals surface area contributed by atoms with Crippen LogP contribution in [0.3, 0.4) is 0 Å². The van der Waals surface area contributed by atoms with Crippen molar-refractivity contribution in [3.8, 4) is 22.5 Å². The summed E-state index contributed by atoms with van der Waals surface area (Å²) in [6.45, 7) is 9.61. The number of Topliss-reactive ketones (excluding diaryl/α,β-unsaturated/α-hetero) is 2. The van der Waals surface area contributed by atoms with Crippen LogP contribution in [0.25, 0.3) is 33.4 Å². The maximum Gasteiger partial charge on any atom is 0.213 e. The molecule has 220 valence electrons. The Morgan fingerprint density at radius 1 is 1.17 bits per heavy atom. The number of carbonyl (C=O) groups is 2. The van der Waals surface area contributed by atoms with Crippen LogP contribution in [0, 0.1) is 5.92 Å². The fourth-order valence-corrected chi connectivity index (χ4v) is 7.51. The number of rotatable bonds is 8. The van der Waals surface area contributed by atoms with Crippen LogP contribution in [0.1, 0.15) is 35.3 Å². The molecule has 9 nitrogen and oxygen atoms in total. The van der Waals surface area contributed by atoms with Crippen LogP contribution >= 0.6 is 15.9 Å². The lowest BCUT2D eigenvalue weighted by molar-refractivity contribution is -0.137. The van der Waals surface area contributed by atoms with Crippen molar-refractivity contribution in [3.63, 3.8) is 0 Å². The molecule has 0 radical (unpaired) electrons. The molecule has 1 aromatic carbocycles. The quantitative estimate of drug-likeness (QED) is 0.183. The monoisotopic (exact) mass is 649 g/mol. The van der Waals surface area contributed by atoms with Crippen LogP contribution in [-0.4, -0.2) is 64.5 Å². The predicted molar refractivity (Wildman–Crippen MR) is 168 cm³/mol. The highest BCUT2D eigenvalue weighted by Gasteiger charge is 2.60. The van der Waals surface area contributed by atoms with Gasteiger partial charge in [-0.05, 0) is 36.1 Å². The number of halogens is 1. The fourth-order valence-electron chi connectivity index (χ4n) is 6.40. The number of nitrogens with two attached hydrogens (primary N) is 1. The maximum atomic E-state index is 14.2. The summed E-state index contributed by atoms with van der Waals surface area (Å²) < 4.78 is 14.8. The molecule has 11 heteroatoms. The average Bonchev–Trinajstić information content (AvgIpc) is 3.55. The standard InChI is InChI=1S/C31H36BrN5O4Si/c1-17-20-11-31(40-2,29(33)28(17)38)30(39)27-26(20)22(15-37(27)16-41-8-9-42(3,4)5)25-14-35-24(13-36-25)21-12-34-23-10-18(32)6-7-19(21)23/h6-7,10,12-15,17,20,29,34H,8-9,11,16,33H2,1-5H3/t17-,20+,29-,31+/m1/s1. The lowest BCUT2D eigenvalue weighted by atomic mass is 9.60. The van der Waals surface area contributed by atoms with E-state index in [1.807, 2.05) is 42.1 Å². The topological polar surface area (TPSA) is 125 Å². The van der Waals surface area contributed by atoms with Gasteiger partial charge in [0, 0.05) is 66.6 Å². The number of fused-ring (bicyclic) bond motifs is 5. The smallest absolute Gasteiger partial charge is 0.213 e. The fraction of sp³-hybridized carbons (Fsp3) is 0.419. The van der Waals surface area contributed by atoms with Crippen LogP contribution in [0.4, 0.5) is 0 Å². The first kappa shape index (κ1) is 29.1. The van der Waals surface area contributed by atoms with Crippen molar-refractivity contribution in [2.24, 2.45) is 11.7 Å². The Morgan fingerprint density at radius 2 is 1.88 bits per heavy atom. The minimum atomic E-state index is -1.40. The van der Waals surface area contributed by atoms with Gasteiger partial charge in [-0.15, -0.1) is 0 Å². The van der Waals surface area contributed by atoms with Gasteiger partial charge in [0.1, 0.15) is 12.8 Å². The average molecular weight is 651 g/mol. The minimum absolute atomic E-state index is 0.162. The van der Waals surface area contributed by atoms with E-state index in [9.17, 15) is 9.59 Å². The highest BCUT2D eigenvalue weighted by Crippen LogP contribution is 2.52. The van der Waals surface area contributed by atoms with Crippen LogP contribution in [0.2, 0.25) is 25.7 Å². The number of hydrogen-bond acceptors (Lipinski definition) is 7. The second-order valence-electron chi connectivity index (χ2n) is 12.7. The van der Waals surface area contributed by atoms with Gasteiger partial charge in [0.2, 0.25) is 5.78 Å². The van der Waals surface area contributed by atoms with Gasteiger partial charge in [-0.2, -0.15) is 0 Å². The number of benzene rings is 1. The van der Waals surface area contributed by atoms with Crippen molar-refractivity contribution in [1.29, 1.82) is 0 Å². The molecule has 0 spiro atoms. The first-order valence-electron chi connectivity index (χ1n) is 14.2. The number of aromatic amines is 1. The van der Waals surface area contributed by atoms with E-state index in [-0.39, 0.29) is 30.1 Å². The summed E-state index contributed by atoms with van der Waals surface area (Å²) in [5.74, 6) is -1.07. The van der Waals surface area contributed by atoms with Crippen molar-refractivity contribution < 1.29 is 19.1 Å². The van der Waals surface area contributed by atoms with E-state index >= 15 is 0 Å². The molecule has 0 unspecified atom stereocenters. The van der Waals surface area contributed by atoms with E-state index in [0.29, 0.717) is 24.4 Å². The Bertz CT molecular complexity index is 1690. The Morgan fingerprint density at radius 3 is 2.55 bits per heavy atom. The normalized spacial score (nSPS) is 23.9. The summed E-state index contributed by atoms with van der Waals surface area (Å²) in [7, 11) is 0.174. The number of aromatic nitrogens is 4. The van der Waals surface area contributed by atoms with E-state index in [1.165, 1.54) is 7.11 Å². The number of nitrogens with one attached hydrogen (secondary N) is 1. The Hall–Kier alpha value is -2.96. The van der Waals surface area contributed by atoms with Gasteiger partial charge < -0.3 is 24.8 Å². The molecule has 4 aromatic rings. The molecule has 1 fully saturated rings. The molecule has 42 heavy (non-hydrogen) atoms. The minimum Gasteiger partial charge on any atom is -0.368 e. The number of carbonyl (C=O) groups excluding carboxylic acids is 2. The van der Waals surface area contributed by atoms with Crippen LogP contribution in [0.15, 0.2) is 47.5 Å². The summed E-state index contributed by atoms with van der Waals surface area (Å²) >= 11 is 3.52. The second kappa shape index (κ2) is 10.6. The summed E-state index contributed by atoms with van der Waals surface area (Å²) in [6.07, 6.45) is 7.68. The molecule has 2 aliphatic carbocycles. The molecule has 6 rings (SSSR count). The first-order valence-corrected chi connectivity index (χ1v) is 18.7. The van der Waals surface area contributed by atoms with Crippen molar-refractivity contribution >= 4 is 46.5 Å². The SMILES string of the molecule is CO[C@]12C[C@H](c3c(-c4cnc(-c5c[nH]c6cc(Br)ccc56)cn4)cn(COCC[Si](C)(C)C)c3C1=O)[C@@H](C)C(=O)[C@H]2N. The molecule has 4 atom stereocenters. The lowest BCUT2D eigenvalue weighted by Gasteiger charge is -2.48. The number of ether oxygens (including phenoxy) is 2. The maximum absolute atomic E-state index is 14.2. The molecular weight excluding hydrogens is 614 g/mol. The Balaban J connectivity index is 1.43. The van der Waals surface area contributed by atoms with E-state index in [1.54, 1.807) is 12.4 Å². The molecule has 2 aliphatic rings. The largest absolute Gasteiger partial charge is 0.368 e. The molecule has 0 aliphatic heterocycles. The molecule has 0 amide bonds. The zero-order valence-electron chi connectivity index (χ0n) is 24.5. The molecule has 0 saturated heterocycles. The molecule has 3 N–H and O–H groups in total. The molecule has 3 heterocycles. The van der Waals surface area contributed by atoms with Crippen molar-refractivity contribution in [3.05, 3.63) is 58.7 Å². The van der Waals surface area contributed by atoms with Crippen molar-refractivity contribution in [1.82, 2.24) is 19.5 Å². The molecule has 1 saturated carbocycles. The third-order valence-electron chi connectivity index (χ3n) is 8.91. The van der Waals surface area contributed by atoms with Crippen molar-refractivity contribution in [2.45, 2.75) is 63.3 Å². The van der Waals surface area contributed by atoms with Gasteiger partial charge in [-0.1, -0.05) is 48.6 Å². The van der Waals surface area contributed by atoms with Gasteiger partial charge in [0.05, 0.1) is 29.5 Å². The van der Waals surface area contributed by atoms with E-state index in [0.717, 1.165) is 43.8 Å². The van der Waals surface area contributed by atoms with E-state index < -0.39 is 19.7 Å². The van der Waals surface area contributed by atoms with Gasteiger partial charge in [-0.3, -0.25) is 19.6 Å². The Kier molecular flexibility index (Phi) is 7.38. The zero-order valence-corrected chi connectivity index (χ0v) is 27.1. The third-order valence-corrected chi connectivity index (χ3v) is 11.1. The first-order chi connectivity index (χ1) is 19.9. The van der Waals surface area contributed by atoms with E-state index in [4.69, 9.17) is 25.2 Å². The van der Waals surface area contributed by atoms with Crippen LogP contribution in [-0.2, 0) is 21.0 Å². The molecule has 3 aromatic heterocycles. The van der Waals surface area contributed by atoms with Crippen LogP contribution < -0.4 is 5.73 Å². The van der Waals surface area contributed by atoms with Crippen molar-refractivity contribution in [2.75, 3.05) is 13.7 Å². The summed E-state index contributed by atoms with van der Waals surface area (Å²) in [5, 5.41) is 1.05. The highest BCUT2D eigenvalue weighted by atomic mass is 79.9. The summed E-state index contributed by atoms with van der Waals surface area (Å²) in [5.41, 5.74) is 10.4. The zero-order chi connectivity index (χ0) is 30.0. The van der Waals surface area contributed by atoms with Gasteiger partial charge >= 0.3 is 0 Å². The number of hydrogen-bond donors (Lipinski definition) is 2. The highest BCUT2D eigenvalue weighted by molar-refractivity contribution is 9.10. The molecular formula is C31H36BrN5O4Si. The summed E-state index contributed by atoms with van der Waals surface area (Å²) in [4.78, 5) is 40.4. The predicted octanol–water partition coefficient (Wildman–Crippen LogP) is 5.77. The number of methoxy groups -OCH3 is 1. The van der Waals surface area contributed by atoms with Gasteiger partial charge in [0.15, 0.2) is 11.4 Å². The second-order valence-corrected chi connectivity index (χ2v) is 19.2. The number of nitrogens with zero attached hydrogens (tertiary/aromatic N) is 3. The number of H-pyrrole nitrogens is 1. The van der Waals surface area contributed by atoms with Crippen LogP contribution in [0.5, 0.6) is 0 Å². The van der Waals surface area contributed by atoms with E-state index in [2.05, 4.69) is 40.6 Å². The van der Waals surface area contributed by atoms with Gasteiger partial charge in [-0.25, -0.2) is 0 Å².